The summed E-state index contributed by atoms with van der Waals surface area (Å²) < 4.78 is 0. The molecule has 0 aliphatic rings. The van der Waals surface area contributed by atoms with Gasteiger partial charge in [0.15, 0.2) is 5.96 Å². The van der Waals surface area contributed by atoms with Crippen molar-refractivity contribution in [3.8, 4) is 0 Å². The Kier molecular flexibility index (Phi) is 9.77. The van der Waals surface area contributed by atoms with E-state index in [0.29, 0.717) is 11.6 Å². The van der Waals surface area contributed by atoms with Crippen molar-refractivity contribution in [2.45, 2.75) is 13.3 Å². The normalized spacial score (nSPS) is 10.3. The van der Waals surface area contributed by atoms with Crippen molar-refractivity contribution in [1.82, 2.24) is 15.6 Å². The molecule has 0 aliphatic carbocycles. The van der Waals surface area contributed by atoms with Crippen LogP contribution in [0, 0.1) is 0 Å². The first-order chi connectivity index (χ1) is 8.76. The van der Waals surface area contributed by atoms with Crippen LogP contribution in [-0.2, 0) is 4.79 Å². The Labute approximate surface area is 130 Å². The second kappa shape index (κ2) is 10.5. The zero-order valence-corrected chi connectivity index (χ0v) is 13.5. The summed E-state index contributed by atoms with van der Waals surface area (Å²) in [5, 5.41) is 8.75. The monoisotopic (exact) mass is 377 g/mol. The zero-order valence-electron chi connectivity index (χ0n) is 11.1. The SMILES string of the molecule is CCCNC(=NC)NCC(=O)Nc1cccnc1.I. The maximum atomic E-state index is 11.6. The number of aromatic nitrogens is 1. The van der Waals surface area contributed by atoms with E-state index in [9.17, 15) is 4.79 Å². The molecule has 0 bridgehead atoms. The number of rotatable bonds is 5. The zero-order chi connectivity index (χ0) is 13.2. The van der Waals surface area contributed by atoms with Crippen LogP contribution < -0.4 is 16.0 Å². The van der Waals surface area contributed by atoms with Gasteiger partial charge in [0.2, 0.25) is 5.91 Å². The number of carbonyl (C=O) groups is 1. The summed E-state index contributed by atoms with van der Waals surface area (Å²) in [5.41, 5.74) is 0.681. The third kappa shape index (κ3) is 7.60. The molecule has 0 atom stereocenters. The van der Waals surface area contributed by atoms with Crippen LogP contribution in [0.1, 0.15) is 13.3 Å². The van der Waals surface area contributed by atoms with E-state index < -0.39 is 0 Å². The van der Waals surface area contributed by atoms with Gasteiger partial charge in [0, 0.05) is 19.8 Å². The van der Waals surface area contributed by atoms with Gasteiger partial charge >= 0.3 is 0 Å². The quantitative estimate of drug-likeness (QED) is 0.410. The highest BCUT2D eigenvalue weighted by molar-refractivity contribution is 14.0. The molecule has 7 heteroatoms. The van der Waals surface area contributed by atoms with E-state index in [1.165, 1.54) is 0 Å². The molecule has 1 aromatic rings. The van der Waals surface area contributed by atoms with E-state index in [1.54, 1.807) is 31.6 Å². The predicted octanol–water partition coefficient (Wildman–Crippen LogP) is 1.21. The molecule has 1 rings (SSSR count). The van der Waals surface area contributed by atoms with Crippen molar-refractivity contribution in [1.29, 1.82) is 0 Å². The third-order valence-corrected chi connectivity index (χ3v) is 2.13. The standard InChI is InChI=1S/C12H19N5O.HI/c1-3-6-15-12(13-2)16-9-11(18)17-10-5-4-7-14-8-10;/h4-5,7-8H,3,6,9H2,1-2H3,(H,17,18)(H2,13,15,16);1H. The number of aliphatic imine (C=N–C) groups is 1. The number of halogens is 1. The number of pyridine rings is 1. The Balaban J connectivity index is 0.00000324. The minimum Gasteiger partial charge on any atom is -0.356 e. The fourth-order valence-corrected chi connectivity index (χ4v) is 1.27. The van der Waals surface area contributed by atoms with Crippen molar-refractivity contribution in [3.05, 3.63) is 24.5 Å². The van der Waals surface area contributed by atoms with Gasteiger partial charge in [-0.3, -0.25) is 14.8 Å². The summed E-state index contributed by atoms with van der Waals surface area (Å²) in [6.45, 7) is 3.05. The van der Waals surface area contributed by atoms with E-state index in [1.807, 2.05) is 0 Å². The van der Waals surface area contributed by atoms with Gasteiger partial charge in [-0.25, -0.2) is 0 Å². The Hall–Kier alpha value is -1.38. The highest BCUT2D eigenvalue weighted by Crippen LogP contribution is 2.01. The number of guanidine groups is 1. The van der Waals surface area contributed by atoms with Gasteiger partial charge in [-0.2, -0.15) is 0 Å². The summed E-state index contributed by atoms with van der Waals surface area (Å²) in [5.74, 6) is 0.487. The molecule has 106 valence electrons. The molecule has 19 heavy (non-hydrogen) atoms. The maximum Gasteiger partial charge on any atom is 0.243 e. The van der Waals surface area contributed by atoms with Crippen molar-refractivity contribution in [2.75, 3.05) is 25.5 Å². The van der Waals surface area contributed by atoms with Crippen LogP contribution in [0.2, 0.25) is 0 Å². The Morgan fingerprint density at radius 3 is 2.79 bits per heavy atom. The Morgan fingerprint density at radius 1 is 1.42 bits per heavy atom. The van der Waals surface area contributed by atoms with E-state index >= 15 is 0 Å². The topological polar surface area (TPSA) is 78.4 Å². The van der Waals surface area contributed by atoms with Crippen LogP contribution in [0.5, 0.6) is 0 Å². The van der Waals surface area contributed by atoms with Crippen molar-refractivity contribution in [2.24, 2.45) is 4.99 Å². The number of hydrogen-bond donors (Lipinski definition) is 3. The van der Waals surface area contributed by atoms with E-state index in [4.69, 9.17) is 0 Å². The van der Waals surface area contributed by atoms with Crippen LogP contribution in [0.25, 0.3) is 0 Å². The predicted molar refractivity (Wildman–Crippen MR) is 87.9 cm³/mol. The fourth-order valence-electron chi connectivity index (χ4n) is 1.27. The van der Waals surface area contributed by atoms with Gasteiger partial charge < -0.3 is 16.0 Å². The lowest BCUT2D eigenvalue weighted by Gasteiger charge is -2.11. The fraction of sp³-hybridized carbons (Fsp3) is 0.417. The first kappa shape index (κ1) is 17.6. The molecule has 1 amide bonds. The van der Waals surface area contributed by atoms with Gasteiger partial charge in [0.1, 0.15) is 0 Å². The molecular weight excluding hydrogens is 357 g/mol. The smallest absolute Gasteiger partial charge is 0.243 e. The van der Waals surface area contributed by atoms with Crippen LogP contribution in [0.15, 0.2) is 29.5 Å². The first-order valence-corrected chi connectivity index (χ1v) is 5.90. The van der Waals surface area contributed by atoms with Crippen LogP contribution in [-0.4, -0.2) is 37.0 Å². The molecular formula is C12H20IN5O. The minimum atomic E-state index is -0.137. The summed E-state index contributed by atoms with van der Waals surface area (Å²) >= 11 is 0. The summed E-state index contributed by atoms with van der Waals surface area (Å²) in [6.07, 6.45) is 4.26. The Morgan fingerprint density at radius 2 is 2.21 bits per heavy atom. The molecule has 0 aromatic carbocycles. The van der Waals surface area contributed by atoms with Crippen LogP contribution in [0.3, 0.4) is 0 Å². The molecule has 1 aromatic heterocycles. The molecule has 0 saturated carbocycles. The summed E-state index contributed by atoms with van der Waals surface area (Å²) in [6, 6.07) is 3.56. The highest BCUT2D eigenvalue weighted by Gasteiger charge is 2.03. The van der Waals surface area contributed by atoms with E-state index in [2.05, 4.69) is 32.9 Å². The molecule has 0 unspecified atom stereocenters. The van der Waals surface area contributed by atoms with Gasteiger partial charge in [-0.15, -0.1) is 24.0 Å². The number of nitrogens with one attached hydrogen (secondary N) is 3. The largest absolute Gasteiger partial charge is 0.356 e. The van der Waals surface area contributed by atoms with Gasteiger partial charge in [0.25, 0.3) is 0 Å². The number of carbonyl (C=O) groups excluding carboxylic acids is 1. The third-order valence-electron chi connectivity index (χ3n) is 2.13. The van der Waals surface area contributed by atoms with Gasteiger partial charge in [-0.05, 0) is 18.6 Å². The van der Waals surface area contributed by atoms with E-state index in [-0.39, 0.29) is 36.4 Å². The van der Waals surface area contributed by atoms with Crippen molar-refractivity contribution in [3.63, 3.8) is 0 Å². The summed E-state index contributed by atoms with van der Waals surface area (Å²) in [7, 11) is 1.67. The lowest BCUT2D eigenvalue weighted by atomic mass is 10.4. The molecule has 6 nitrogen and oxygen atoms in total. The highest BCUT2D eigenvalue weighted by atomic mass is 127. The molecule has 0 saturated heterocycles. The minimum absolute atomic E-state index is 0. The second-order valence-corrected chi connectivity index (χ2v) is 3.64. The molecule has 0 fully saturated rings. The van der Waals surface area contributed by atoms with Crippen molar-refractivity contribution >= 4 is 41.5 Å². The summed E-state index contributed by atoms with van der Waals surface area (Å²) in [4.78, 5) is 19.5. The second-order valence-electron chi connectivity index (χ2n) is 3.64. The first-order valence-electron chi connectivity index (χ1n) is 5.90. The maximum absolute atomic E-state index is 11.6. The number of amides is 1. The molecule has 0 radical (unpaired) electrons. The molecule has 1 heterocycles. The number of nitrogens with zero attached hydrogens (tertiary/aromatic N) is 2. The number of hydrogen-bond acceptors (Lipinski definition) is 3. The molecule has 3 N–H and O–H groups in total. The average Bonchev–Trinajstić information content (AvgIpc) is 2.40. The average molecular weight is 377 g/mol. The van der Waals surface area contributed by atoms with Crippen molar-refractivity contribution < 1.29 is 4.79 Å². The van der Waals surface area contributed by atoms with Crippen LogP contribution >= 0.6 is 24.0 Å². The molecule has 0 spiro atoms. The molecule has 0 aliphatic heterocycles. The van der Waals surface area contributed by atoms with Gasteiger partial charge in [0.05, 0.1) is 18.4 Å². The number of anilines is 1. The van der Waals surface area contributed by atoms with Gasteiger partial charge in [-0.1, -0.05) is 6.92 Å². The lowest BCUT2D eigenvalue weighted by Crippen LogP contribution is -2.41. The van der Waals surface area contributed by atoms with Crippen LogP contribution in [0.4, 0.5) is 5.69 Å². The van der Waals surface area contributed by atoms with E-state index in [0.717, 1.165) is 13.0 Å². The lowest BCUT2D eigenvalue weighted by molar-refractivity contribution is -0.115. The Bertz CT molecular complexity index is 396.